The van der Waals surface area contributed by atoms with Crippen LogP contribution < -0.4 is 0 Å². The van der Waals surface area contributed by atoms with Crippen LogP contribution in [-0.4, -0.2) is 96.7 Å². The van der Waals surface area contributed by atoms with Crippen molar-refractivity contribution in [2.45, 2.75) is 401 Å². The second kappa shape index (κ2) is 65.4. The first-order valence-electron chi connectivity index (χ1n) is 39.2. The fourth-order valence-electron chi connectivity index (χ4n) is 11.5. The van der Waals surface area contributed by atoms with Gasteiger partial charge < -0.3 is 33.8 Å². The number of aliphatic hydroxyl groups excluding tert-OH is 1. The minimum Gasteiger partial charge on any atom is -0.462 e. The molecule has 3 N–H and O–H groups in total. The van der Waals surface area contributed by atoms with Crippen molar-refractivity contribution in [3.05, 3.63) is 0 Å². The number of ether oxygens (including phenoxy) is 4. The van der Waals surface area contributed by atoms with E-state index in [1.54, 1.807) is 0 Å². The molecule has 0 aliphatic heterocycles. The van der Waals surface area contributed by atoms with E-state index < -0.39 is 97.5 Å². The minimum absolute atomic E-state index is 0.106. The van der Waals surface area contributed by atoms with Gasteiger partial charge in [-0.2, -0.15) is 0 Å². The van der Waals surface area contributed by atoms with Crippen LogP contribution >= 0.6 is 15.6 Å². The molecular formula is C76H148O17P2. The number of phosphoric acid groups is 2. The number of rotatable bonds is 73. The van der Waals surface area contributed by atoms with Gasteiger partial charge in [0.2, 0.25) is 0 Å². The van der Waals surface area contributed by atoms with E-state index in [2.05, 4.69) is 55.4 Å². The second-order valence-electron chi connectivity index (χ2n) is 29.1. The zero-order valence-electron chi connectivity index (χ0n) is 62.3. The van der Waals surface area contributed by atoms with Crippen LogP contribution in [0.4, 0.5) is 0 Å². The average molecular weight is 1400 g/mol. The number of unbranched alkanes of at least 4 members (excludes halogenated alkanes) is 38. The first-order chi connectivity index (χ1) is 45.6. The Labute approximate surface area is 581 Å². The topological polar surface area (TPSA) is 237 Å². The SMILES string of the molecule is CCC(C)CCCCCCCCC(=O)OC[C@H](COP(=O)(O)OC[C@H](O)COP(=O)(O)OC[C@@H](COC(=O)CCCCCCCCCCCC(C)C)OC(=O)CCCCCCCCCCCCCC(C)C)OC(=O)CCCCCCCCCCCCCCCCCCC(C)C. The molecule has 0 aromatic carbocycles. The highest BCUT2D eigenvalue weighted by atomic mass is 31.2. The van der Waals surface area contributed by atoms with Crippen molar-refractivity contribution in [3.8, 4) is 0 Å². The largest absolute Gasteiger partial charge is 0.472 e. The molecule has 564 valence electrons. The summed E-state index contributed by atoms with van der Waals surface area (Å²) in [5.74, 6) is 0.927. The van der Waals surface area contributed by atoms with E-state index in [1.165, 1.54) is 180 Å². The van der Waals surface area contributed by atoms with E-state index in [1.807, 2.05) is 0 Å². The highest BCUT2D eigenvalue weighted by Crippen LogP contribution is 2.45. The van der Waals surface area contributed by atoms with Crippen molar-refractivity contribution in [2.75, 3.05) is 39.6 Å². The molecule has 6 atom stereocenters. The van der Waals surface area contributed by atoms with Crippen LogP contribution in [0.2, 0.25) is 0 Å². The Kier molecular flexibility index (Phi) is 64.0. The van der Waals surface area contributed by atoms with Gasteiger partial charge >= 0.3 is 39.5 Å². The third kappa shape index (κ3) is 69.0. The van der Waals surface area contributed by atoms with E-state index >= 15 is 0 Å². The molecule has 0 heterocycles. The number of hydrogen-bond donors (Lipinski definition) is 3. The molecule has 0 aromatic rings. The number of carbonyl (C=O) groups is 4. The summed E-state index contributed by atoms with van der Waals surface area (Å²) >= 11 is 0. The van der Waals surface area contributed by atoms with Gasteiger partial charge in [-0.05, 0) is 49.4 Å². The van der Waals surface area contributed by atoms with Gasteiger partial charge in [0.25, 0.3) is 0 Å². The summed E-state index contributed by atoms with van der Waals surface area (Å²) in [6.07, 6.45) is 50.0. The minimum atomic E-state index is -4.96. The normalized spacial score (nSPS) is 14.4. The Morgan fingerprint density at radius 2 is 0.505 bits per heavy atom. The summed E-state index contributed by atoms with van der Waals surface area (Å²) in [6.45, 7) is 14.2. The van der Waals surface area contributed by atoms with Crippen LogP contribution in [-0.2, 0) is 65.4 Å². The first-order valence-corrected chi connectivity index (χ1v) is 42.2. The number of carbonyl (C=O) groups excluding carboxylic acids is 4. The van der Waals surface area contributed by atoms with Gasteiger partial charge in [-0.25, -0.2) is 9.13 Å². The van der Waals surface area contributed by atoms with Gasteiger partial charge in [0.05, 0.1) is 26.4 Å². The summed E-state index contributed by atoms with van der Waals surface area (Å²) in [5.41, 5.74) is 0. The third-order valence-corrected chi connectivity index (χ3v) is 19.8. The van der Waals surface area contributed by atoms with E-state index in [9.17, 15) is 43.2 Å². The molecule has 0 fully saturated rings. The van der Waals surface area contributed by atoms with Crippen molar-refractivity contribution in [1.82, 2.24) is 0 Å². The monoisotopic (exact) mass is 1400 g/mol. The van der Waals surface area contributed by atoms with Crippen LogP contribution in [0.1, 0.15) is 383 Å². The van der Waals surface area contributed by atoms with Crippen molar-refractivity contribution >= 4 is 39.5 Å². The van der Waals surface area contributed by atoms with Gasteiger partial charge in [0.15, 0.2) is 12.2 Å². The van der Waals surface area contributed by atoms with Crippen molar-refractivity contribution in [1.29, 1.82) is 0 Å². The highest BCUT2D eigenvalue weighted by Gasteiger charge is 2.30. The molecule has 95 heavy (non-hydrogen) atoms. The van der Waals surface area contributed by atoms with E-state index in [0.717, 1.165) is 120 Å². The van der Waals surface area contributed by atoms with Gasteiger partial charge in [0, 0.05) is 25.7 Å². The number of aliphatic hydroxyl groups is 1. The zero-order valence-corrected chi connectivity index (χ0v) is 64.1. The Balaban J connectivity index is 5.23. The molecule has 17 nitrogen and oxygen atoms in total. The molecule has 0 radical (unpaired) electrons. The van der Waals surface area contributed by atoms with Crippen LogP contribution in [0, 0.1) is 23.7 Å². The Bertz CT molecular complexity index is 1870. The van der Waals surface area contributed by atoms with E-state index in [-0.39, 0.29) is 25.7 Å². The van der Waals surface area contributed by atoms with Crippen LogP contribution in [0.5, 0.6) is 0 Å². The summed E-state index contributed by atoms with van der Waals surface area (Å²) in [7, 11) is -9.91. The fourth-order valence-corrected chi connectivity index (χ4v) is 13.1. The molecule has 0 amide bonds. The maximum atomic E-state index is 13.1. The molecule has 0 rings (SSSR count). The van der Waals surface area contributed by atoms with Crippen LogP contribution in [0.3, 0.4) is 0 Å². The standard InChI is InChI=1S/C76H148O17P2/c1-9-69(8)55-47-39-34-35-41-49-57-74(79)87-63-72(93-75(80)58-50-42-32-25-19-15-13-11-10-12-14-17-22-28-36-44-52-66(2)3)65-91-95(84,85)89-61-70(77)60-88-94(82,83)90-64-71(62-86-73(78)56-48-40-31-27-21-24-30-38-46-54-68(6)7)92-76(81)59-51-43-33-26-20-16-18-23-29-37-45-53-67(4)5/h66-72,77H,9-65H2,1-8H3,(H,82,83)(H,84,85)/t69?,70-,71-,72-/m1/s1. The van der Waals surface area contributed by atoms with Gasteiger partial charge in [-0.1, -0.05) is 331 Å². The molecule has 0 saturated heterocycles. The lowest BCUT2D eigenvalue weighted by Gasteiger charge is -2.21. The Morgan fingerprint density at radius 3 is 0.747 bits per heavy atom. The summed E-state index contributed by atoms with van der Waals surface area (Å²) in [5, 5.41) is 10.6. The predicted octanol–water partition coefficient (Wildman–Crippen LogP) is 22.0. The summed E-state index contributed by atoms with van der Waals surface area (Å²) in [6, 6.07) is 0. The quantitative estimate of drug-likeness (QED) is 0.0222. The maximum Gasteiger partial charge on any atom is 0.472 e. The predicted molar refractivity (Wildman–Crippen MR) is 386 cm³/mol. The fraction of sp³-hybridized carbons (Fsp3) is 0.947. The Morgan fingerprint density at radius 1 is 0.295 bits per heavy atom. The molecule has 3 unspecified atom stereocenters. The smallest absolute Gasteiger partial charge is 0.462 e. The van der Waals surface area contributed by atoms with Gasteiger partial charge in [-0.15, -0.1) is 0 Å². The number of esters is 4. The molecular weight excluding hydrogens is 1250 g/mol. The second-order valence-corrected chi connectivity index (χ2v) is 32.0. The number of hydrogen-bond acceptors (Lipinski definition) is 15. The van der Waals surface area contributed by atoms with E-state index in [0.29, 0.717) is 25.7 Å². The lowest BCUT2D eigenvalue weighted by atomic mass is 10.00. The number of phosphoric ester groups is 2. The molecule has 19 heteroatoms. The highest BCUT2D eigenvalue weighted by molar-refractivity contribution is 7.47. The van der Waals surface area contributed by atoms with Crippen molar-refractivity contribution in [2.24, 2.45) is 23.7 Å². The molecule has 0 bridgehead atoms. The molecule has 0 aliphatic rings. The van der Waals surface area contributed by atoms with E-state index in [4.69, 9.17) is 37.0 Å². The van der Waals surface area contributed by atoms with Gasteiger partial charge in [0.1, 0.15) is 19.3 Å². The van der Waals surface area contributed by atoms with Crippen molar-refractivity contribution < 1.29 is 80.2 Å². The Hall–Kier alpha value is -1.94. The van der Waals surface area contributed by atoms with Crippen LogP contribution in [0.25, 0.3) is 0 Å². The lowest BCUT2D eigenvalue weighted by Crippen LogP contribution is -2.30. The van der Waals surface area contributed by atoms with Crippen molar-refractivity contribution in [3.63, 3.8) is 0 Å². The lowest BCUT2D eigenvalue weighted by molar-refractivity contribution is -0.161. The third-order valence-electron chi connectivity index (χ3n) is 17.9. The maximum absolute atomic E-state index is 13.1. The molecule has 0 aliphatic carbocycles. The summed E-state index contributed by atoms with van der Waals surface area (Å²) in [4.78, 5) is 72.8. The average Bonchev–Trinajstić information content (AvgIpc) is 2.23. The zero-order chi connectivity index (χ0) is 70.3. The molecule has 0 saturated carbocycles. The first kappa shape index (κ1) is 93.1. The molecule has 0 aromatic heterocycles. The summed E-state index contributed by atoms with van der Waals surface area (Å²) < 4.78 is 68.5. The molecule has 0 spiro atoms. The van der Waals surface area contributed by atoms with Crippen LogP contribution in [0.15, 0.2) is 0 Å². The van der Waals surface area contributed by atoms with Gasteiger partial charge in [-0.3, -0.25) is 37.3 Å².